The third-order valence-electron chi connectivity index (χ3n) is 3.91. The molecule has 0 saturated carbocycles. The summed E-state index contributed by atoms with van der Waals surface area (Å²) in [5, 5.41) is 0.101. The predicted molar refractivity (Wildman–Crippen MR) is 107 cm³/mol. The maximum atomic E-state index is 14.6. The SMILES string of the molecule is CCOC(=O)CC(=O)Cc1ccnc(-c2ccc(Oc3ncc(Cl)cc3F)cc2F)n1. The summed E-state index contributed by atoms with van der Waals surface area (Å²) >= 11 is 5.64. The molecule has 10 heteroatoms. The lowest BCUT2D eigenvalue weighted by Gasteiger charge is -2.08. The number of carbonyl (C=O) groups excluding carboxylic acids is 2. The lowest BCUT2D eigenvalue weighted by molar-refractivity contribution is -0.145. The van der Waals surface area contributed by atoms with Crippen molar-refractivity contribution in [2.45, 2.75) is 19.8 Å². The number of halogens is 3. The van der Waals surface area contributed by atoms with E-state index >= 15 is 0 Å². The summed E-state index contributed by atoms with van der Waals surface area (Å²) in [6.07, 6.45) is 2.08. The molecule has 0 radical (unpaired) electrons. The molecule has 0 aliphatic carbocycles. The molecule has 2 aromatic heterocycles. The van der Waals surface area contributed by atoms with Gasteiger partial charge in [0.05, 0.1) is 22.9 Å². The molecule has 31 heavy (non-hydrogen) atoms. The first-order chi connectivity index (χ1) is 14.9. The van der Waals surface area contributed by atoms with Crippen LogP contribution in [0, 0.1) is 11.6 Å². The Kier molecular flexibility index (Phi) is 7.19. The molecule has 2 heterocycles. The lowest BCUT2D eigenvalue weighted by Crippen LogP contribution is -2.13. The minimum absolute atomic E-state index is 0.00995. The van der Waals surface area contributed by atoms with Gasteiger partial charge in [-0.2, -0.15) is 0 Å². The van der Waals surface area contributed by atoms with Crippen molar-refractivity contribution in [3.63, 3.8) is 0 Å². The fourth-order valence-corrected chi connectivity index (χ4v) is 2.74. The highest BCUT2D eigenvalue weighted by Gasteiger charge is 2.15. The number of aromatic nitrogens is 3. The molecular formula is C21H16ClF2N3O4. The number of ether oxygens (including phenoxy) is 2. The number of ketones is 1. The minimum atomic E-state index is -0.791. The van der Waals surface area contributed by atoms with Crippen LogP contribution in [0.4, 0.5) is 8.78 Å². The molecule has 3 aromatic rings. The molecule has 3 rings (SSSR count). The number of nitrogens with zero attached hydrogens (tertiary/aromatic N) is 3. The van der Waals surface area contributed by atoms with Gasteiger partial charge in [-0.05, 0) is 31.2 Å². The van der Waals surface area contributed by atoms with Gasteiger partial charge < -0.3 is 9.47 Å². The Balaban J connectivity index is 1.75. The fraction of sp³-hybridized carbons (Fsp3) is 0.190. The molecule has 0 aliphatic rings. The number of hydrogen-bond acceptors (Lipinski definition) is 7. The Bertz CT molecular complexity index is 1130. The normalized spacial score (nSPS) is 10.6. The topological polar surface area (TPSA) is 91.3 Å². The Morgan fingerprint density at radius 3 is 2.61 bits per heavy atom. The Labute approximate surface area is 181 Å². The molecule has 0 N–H and O–H groups in total. The second-order valence-corrected chi connectivity index (χ2v) is 6.69. The molecule has 1 aromatic carbocycles. The van der Waals surface area contributed by atoms with Crippen LogP contribution in [0.5, 0.6) is 11.6 Å². The zero-order valence-electron chi connectivity index (χ0n) is 16.3. The summed E-state index contributed by atoms with van der Waals surface area (Å²) in [5.74, 6) is -2.81. The van der Waals surface area contributed by atoms with Crippen molar-refractivity contribution in [3.8, 4) is 23.0 Å². The van der Waals surface area contributed by atoms with Crippen LogP contribution < -0.4 is 4.74 Å². The standard InChI is InChI=1S/C21H16ClF2N3O4/c1-2-30-19(29)9-14(28)8-13-5-6-25-20(27-13)16-4-3-15(10-17(16)23)31-21-18(24)7-12(22)11-26-21/h3-7,10-11H,2,8-9H2,1H3. The molecule has 0 bridgehead atoms. The fourth-order valence-electron chi connectivity index (χ4n) is 2.59. The molecule has 0 spiro atoms. The monoisotopic (exact) mass is 447 g/mol. The van der Waals surface area contributed by atoms with E-state index in [4.69, 9.17) is 21.1 Å². The summed E-state index contributed by atoms with van der Waals surface area (Å²) in [5.41, 5.74) is 0.378. The summed E-state index contributed by atoms with van der Waals surface area (Å²) in [6.45, 7) is 1.83. The molecule has 0 saturated heterocycles. The smallest absolute Gasteiger partial charge is 0.313 e. The largest absolute Gasteiger partial charge is 0.466 e. The minimum Gasteiger partial charge on any atom is -0.466 e. The average molecular weight is 448 g/mol. The van der Waals surface area contributed by atoms with Crippen molar-refractivity contribution in [2.24, 2.45) is 0 Å². The van der Waals surface area contributed by atoms with Crippen molar-refractivity contribution < 1.29 is 27.8 Å². The number of hydrogen-bond donors (Lipinski definition) is 0. The van der Waals surface area contributed by atoms with Gasteiger partial charge in [-0.3, -0.25) is 9.59 Å². The molecule has 0 atom stereocenters. The van der Waals surface area contributed by atoms with Crippen LogP contribution in [0.25, 0.3) is 11.4 Å². The van der Waals surface area contributed by atoms with Gasteiger partial charge in [-0.15, -0.1) is 0 Å². The average Bonchev–Trinajstić information content (AvgIpc) is 2.70. The van der Waals surface area contributed by atoms with E-state index in [1.165, 1.54) is 30.6 Å². The van der Waals surface area contributed by atoms with Crippen LogP contribution in [0.1, 0.15) is 19.0 Å². The molecule has 0 aliphatic heterocycles. The van der Waals surface area contributed by atoms with Gasteiger partial charge in [0.1, 0.15) is 23.8 Å². The number of carbonyl (C=O) groups is 2. The van der Waals surface area contributed by atoms with E-state index in [0.717, 1.165) is 12.1 Å². The molecule has 0 unspecified atom stereocenters. The van der Waals surface area contributed by atoms with Crippen molar-refractivity contribution in [3.05, 3.63) is 65.1 Å². The number of esters is 1. The molecule has 0 amide bonds. The first kappa shape index (κ1) is 22.2. The highest BCUT2D eigenvalue weighted by molar-refractivity contribution is 6.30. The van der Waals surface area contributed by atoms with E-state index in [2.05, 4.69) is 15.0 Å². The van der Waals surface area contributed by atoms with Crippen LogP contribution in [0.2, 0.25) is 5.02 Å². The third kappa shape index (κ3) is 6.02. The summed E-state index contributed by atoms with van der Waals surface area (Å²) < 4.78 is 38.4. The zero-order valence-corrected chi connectivity index (χ0v) is 17.0. The van der Waals surface area contributed by atoms with E-state index in [1.807, 2.05) is 0 Å². The predicted octanol–water partition coefficient (Wildman–Crippen LogP) is 4.33. The Morgan fingerprint density at radius 2 is 1.90 bits per heavy atom. The second-order valence-electron chi connectivity index (χ2n) is 6.25. The zero-order chi connectivity index (χ0) is 22.4. The Hall–Kier alpha value is -3.46. The third-order valence-corrected chi connectivity index (χ3v) is 4.12. The van der Waals surface area contributed by atoms with Crippen LogP contribution in [-0.2, 0) is 20.7 Å². The highest BCUT2D eigenvalue weighted by atomic mass is 35.5. The van der Waals surface area contributed by atoms with Gasteiger partial charge in [0.2, 0.25) is 0 Å². The first-order valence-electron chi connectivity index (χ1n) is 9.13. The maximum absolute atomic E-state index is 14.6. The van der Waals surface area contributed by atoms with Crippen molar-refractivity contribution in [2.75, 3.05) is 6.61 Å². The summed E-state index contributed by atoms with van der Waals surface area (Å²) in [6, 6.07) is 6.31. The van der Waals surface area contributed by atoms with Crippen molar-refractivity contribution in [1.82, 2.24) is 15.0 Å². The number of Topliss-reactive ketones (excluding diaryl/α,β-unsaturated/α-hetero) is 1. The highest BCUT2D eigenvalue weighted by Crippen LogP contribution is 2.28. The quantitative estimate of drug-likeness (QED) is 0.375. The Morgan fingerprint density at radius 1 is 1.10 bits per heavy atom. The molecule has 160 valence electrons. The van der Waals surface area contributed by atoms with E-state index < -0.39 is 17.6 Å². The van der Waals surface area contributed by atoms with Gasteiger partial charge in [0.25, 0.3) is 5.88 Å². The van der Waals surface area contributed by atoms with E-state index in [1.54, 1.807) is 6.92 Å². The molecular weight excluding hydrogens is 432 g/mol. The molecule has 0 fully saturated rings. The number of rotatable bonds is 8. The lowest BCUT2D eigenvalue weighted by atomic mass is 10.1. The maximum Gasteiger partial charge on any atom is 0.313 e. The van der Waals surface area contributed by atoms with Crippen LogP contribution >= 0.6 is 11.6 Å². The first-order valence-corrected chi connectivity index (χ1v) is 9.51. The van der Waals surface area contributed by atoms with Crippen LogP contribution in [0.15, 0.2) is 42.7 Å². The number of benzene rings is 1. The van der Waals surface area contributed by atoms with Gasteiger partial charge in [0.15, 0.2) is 11.6 Å². The number of pyridine rings is 1. The summed E-state index contributed by atoms with van der Waals surface area (Å²) in [7, 11) is 0. The van der Waals surface area contributed by atoms with E-state index in [9.17, 15) is 18.4 Å². The molecule has 7 nitrogen and oxygen atoms in total. The van der Waals surface area contributed by atoms with E-state index in [-0.39, 0.29) is 53.3 Å². The van der Waals surface area contributed by atoms with Gasteiger partial charge >= 0.3 is 5.97 Å². The van der Waals surface area contributed by atoms with Gasteiger partial charge in [-0.1, -0.05) is 11.6 Å². The van der Waals surface area contributed by atoms with Crippen molar-refractivity contribution >= 4 is 23.4 Å². The van der Waals surface area contributed by atoms with Gasteiger partial charge in [-0.25, -0.2) is 23.7 Å². The van der Waals surface area contributed by atoms with Crippen LogP contribution in [0.3, 0.4) is 0 Å². The van der Waals surface area contributed by atoms with Crippen molar-refractivity contribution in [1.29, 1.82) is 0 Å². The summed E-state index contributed by atoms with van der Waals surface area (Å²) in [4.78, 5) is 35.3. The van der Waals surface area contributed by atoms with Gasteiger partial charge in [0, 0.05) is 24.9 Å². The van der Waals surface area contributed by atoms with E-state index in [0.29, 0.717) is 5.69 Å². The van der Waals surface area contributed by atoms with Crippen LogP contribution in [-0.4, -0.2) is 33.3 Å². The second kappa shape index (κ2) is 10.0.